The maximum atomic E-state index is 5.22. The number of nitrogens with one attached hydrogen (secondary N) is 1. The van der Waals surface area contributed by atoms with Gasteiger partial charge in [0, 0.05) is 12.1 Å². The van der Waals surface area contributed by atoms with E-state index in [4.69, 9.17) is 7.85 Å². The third-order valence-corrected chi connectivity index (χ3v) is 3.85. The van der Waals surface area contributed by atoms with Crippen LogP contribution in [0.2, 0.25) is 0 Å². The zero-order chi connectivity index (χ0) is 14.4. The van der Waals surface area contributed by atoms with Gasteiger partial charge in [-0.25, -0.2) is 0 Å². The molecular weight excluding hydrogens is 298 g/mol. The Labute approximate surface area is 179 Å². The van der Waals surface area contributed by atoms with Crippen LogP contribution in [0.3, 0.4) is 0 Å². The second-order valence-corrected chi connectivity index (χ2v) is 5.17. The van der Waals surface area contributed by atoms with E-state index in [1.54, 1.807) is 0 Å². The first-order valence-electron chi connectivity index (χ1n) is 7.17. The summed E-state index contributed by atoms with van der Waals surface area (Å²) in [7, 11) is 5.22. The van der Waals surface area contributed by atoms with Gasteiger partial charge in [-0.1, -0.05) is 25.4 Å². The summed E-state index contributed by atoms with van der Waals surface area (Å²) in [5.74, 6) is 0. The van der Waals surface area contributed by atoms with Crippen LogP contribution in [0, 0.1) is 20.5 Å². The Morgan fingerprint density at radius 2 is 2.18 bits per heavy atom. The molecule has 1 N–H and O–H groups in total. The van der Waals surface area contributed by atoms with Crippen molar-refractivity contribution < 1.29 is 51.4 Å². The molecule has 3 fully saturated rings. The molecule has 6 heteroatoms. The van der Waals surface area contributed by atoms with E-state index in [1.807, 2.05) is 0 Å². The molecule has 114 valence electrons. The number of nitrogens with zero attached hydrogens (tertiary/aromatic N) is 3. The van der Waals surface area contributed by atoms with E-state index in [0.29, 0.717) is 5.69 Å². The summed E-state index contributed by atoms with van der Waals surface area (Å²) in [6.45, 7) is 8.60. The van der Waals surface area contributed by atoms with Gasteiger partial charge in [-0.3, -0.25) is 4.90 Å². The molecule has 2 aliphatic heterocycles. The molecule has 3 aliphatic rings. The molecule has 4 rings (SSSR count). The molecule has 0 spiro atoms. The summed E-state index contributed by atoms with van der Waals surface area (Å²) in [4.78, 5) is 10.0. The van der Waals surface area contributed by atoms with Gasteiger partial charge in [0.05, 0.1) is 7.85 Å². The molecule has 3 heterocycles. The quantitative estimate of drug-likeness (QED) is 0.565. The molecule has 0 amide bonds. The van der Waals surface area contributed by atoms with E-state index >= 15 is 0 Å². The fraction of sp³-hybridized carbons (Fsp3) is 0.500. The molecule has 2 unspecified atom stereocenters. The molecule has 2 saturated heterocycles. The summed E-state index contributed by atoms with van der Waals surface area (Å²) in [5.41, 5.74) is 0.874. The van der Waals surface area contributed by atoms with Crippen molar-refractivity contribution in [1.82, 2.24) is 14.9 Å². The summed E-state index contributed by atoms with van der Waals surface area (Å²) in [6.07, 6.45) is 12.6. The third-order valence-electron chi connectivity index (χ3n) is 3.85. The van der Waals surface area contributed by atoms with Crippen molar-refractivity contribution in [3.05, 3.63) is 39.5 Å². The Hall–Kier alpha value is 0.281. The van der Waals surface area contributed by atoms with Crippen LogP contribution >= 0.6 is 0 Å². The molecule has 2 atom stereocenters. The smallest absolute Gasteiger partial charge is 0.382 e. The summed E-state index contributed by atoms with van der Waals surface area (Å²) in [5, 5.41) is 2.76. The molecule has 22 heavy (non-hydrogen) atoms. The number of anilines is 1. The number of fused-ring (bicyclic) bond motifs is 2. The minimum atomic E-state index is 0. The third kappa shape index (κ3) is 6.42. The first kappa shape index (κ1) is 22.3. The van der Waals surface area contributed by atoms with E-state index in [0.717, 1.165) is 18.5 Å². The zero-order valence-electron chi connectivity index (χ0n) is 13.9. The van der Waals surface area contributed by atoms with Gasteiger partial charge in [-0.2, -0.15) is 6.42 Å². The average Bonchev–Trinajstić information content (AvgIpc) is 2.49. The number of rotatable bonds is 4. The molecule has 4 nitrogen and oxygen atoms in total. The largest absolute Gasteiger partial charge is 1.00 e. The predicted molar refractivity (Wildman–Crippen MR) is 89.2 cm³/mol. The van der Waals surface area contributed by atoms with E-state index in [2.05, 4.69) is 39.9 Å². The minimum Gasteiger partial charge on any atom is -0.382 e. The van der Waals surface area contributed by atoms with Crippen LogP contribution in [0.4, 0.5) is 5.69 Å². The Morgan fingerprint density at radius 3 is 2.64 bits per heavy atom. The summed E-state index contributed by atoms with van der Waals surface area (Å²) >= 11 is 0. The second kappa shape index (κ2) is 11.8. The van der Waals surface area contributed by atoms with Gasteiger partial charge >= 0.3 is 51.4 Å². The molecule has 1 saturated carbocycles. The maximum absolute atomic E-state index is 5.22. The fourth-order valence-corrected chi connectivity index (χ4v) is 2.93. The monoisotopic (exact) mass is 322 g/mol. The molecule has 0 aromatic carbocycles. The second-order valence-electron chi connectivity index (χ2n) is 5.17. The fourth-order valence-electron chi connectivity index (χ4n) is 2.93. The van der Waals surface area contributed by atoms with Crippen molar-refractivity contribution >= 4 is 19.3 Å². The van der Waals surface area contributed by atoms with Gasteiger partial charge in [-0.05, 0) is 43.4 Å². The van der Waals surface area contributed by atoms with Crippen LogP contribution in [0.1, 0.15) is 32.1 Å². The van der Waals surface area contributed by atoms with Crippen molar-refractivity contribution in [3.63, 3.8) is 0 Å². The van der Waals surface area contributed by atoms with Crippen LogP contribution in [-0.4, -0.2) is 41.3 Å². The SMILES string of the molecule is [B]c1n[c-]c(NC=C)cn1.[CH2-]CCN1C2CCCC1C2.[CH3-].[K+]. The van der Waals surface area contributed by atoms with E-state index in [1.165, 1.54) is 44.6 Å². The number of hydrogen-bond acceptors (Lipinski definition) is 4. The predicted octanol–water partition coefficient (Wildman–Crippen LogP) is -1.08. The van der Waals surface area contributed by atoms with Gasteiger partial charge in [0.1, 0.15) is 0 Å². The van der Waals surface area contributed by atoms with Gasteiger partial charge in [0.2, 0.25) is 0 Å². The van der Waals surface area contributed by atoms with E-state index in [-0.39, 0.29) is 64.5 Å². The van der Waals surface area contributed by atoms with Crippen LogP contribution in [-0.2, 0) is 0 Å². The molecule has 1 aliphatic carbocycles. The Balaban J connectivity index is 0.000000367. The van der Waals surface area contributed by atoms with Crippen molar-refractivity contribution in [2.45, 2.75) is 44.2 Å². The van der Waals surface area contributed by atoms with Gasteiger partial charge in [0.25, 0.3) is 0 Å². The topological polar surface area (TPSA) is 41.1 Å². The van der Waals surface area contributed by atoms with Crippen molar-refractivity contribution in [1.29, 1.82) is 0 Å². The van der Waals surface area contributed by atoms with E-state index in [9.17, 15) is 0 Å². The Morgan fingerprint density at radius 1 is 1.50 bits per heavy atom. The first-order chi connectivity index (χ1) is 9.74. The zero-order valence-corrected chi connectivity index (χ0v) is 17.0. The summed E-state index contributed by atoms with van der Waals surface area (Å²) < 4.78 is 0. The molecule has 1 aromatic rings. The molecule has 2 radical (unpaired) electrons. The average molecular weight is 322 g/mol. The van der Waals surface area contributed by atoms with Crippen molar-refractivity contribution in [2.24, 2.45) is 0 Å². The van der Waals surface area contributed by atoms with Crippen LogP contribution in [0.25, 0.3) is 0 Å². The Kier molecular flexibility index (Phi) is 11.9. The molecule has 2 bridgehead atoms. The number of aromatic nitrogens is 2. The van der Waals surface area contributed by atoms with Crippen LogP contribution < -0.4 is 62.4 Å². The minimum absolute atomic E-state index is 0. The molecule has 1 aromatic heterocycles. The standard InChI is InChI=1S/C9H16N.C6H5BN3.CH3.K/c1-2-6-10-8-4-3-5-9(10)7-8;1-2-8-5-3-9-6(7)10-4-5;;/h8-9H,1-7H2;2-3,8H,1H2;1H3;/q3*-1;+1. The van der Waals surface area contributed by atoms with E-state index < -0.39 is 0 Å². The van der Waals surface area contributed by atoms with Gasteiger partial charge in [-0.15, -0.1) is 0 Å². The van der Waals surface area contributed by atoms with Crippen molar-refractivity contribution in [2.75, 3.05) is 11.9 Å². The maximum Gasteiger partial charge on any atom is 1.00 e. The first-order valence-corrected chi connectivity index (χ1v) is 7.17. The number of piperidine rings is 1. The van der Waals surface area contributed by atoms with Crippen LogP contribution in [0.15, 0.2) is 19.0 Å². The van der Waals surface area contributed by atoms with Crippen molar-refractivity contribution in [3.8, 4) is 0 Å². The number of hydrogen-bond donors (Lipinski definition) is 1. The molecular formula is C16H24BKN4-2. The van der Waals surface area contributed by atoms with Crippen LogP contribution in [0.5, 0.6) is 0 Å². The van der Waals surface area contributed by atoms with Gasteiger partial charge in [0.15, 0.2) is 0 Å². The van der Waals surface area contributed by atoms with Gasteiger partial charge < -0.3 is 29.6 Å². The summed E-state index contributed by atoms with van der Waals surface area (Å²) in [6, 6.07) is 1.92. The Bertz CT molecular complexity index is 413. The normalized spacial score (nSPS) is 21.9.